The van der Waals surface area contributed by atoms with Gasteiger partial charge in [0.15, 0.2) is 0 Å². The van der Waals surface area contributed by atoms with E-state index in [0.717, 1.165) is 0 Å². The van der Waals surface area contributed by atoms with Gasteiger partial charge in [-0.2, -0.15) is 15.4 Å². The molecule has 6 nitrogen and oxygen atoms in total. The highest BCUT2D eigenvalue weighted by Crippen LogP contribution is 2.21. The van der Waals surface area contributed by atoms with Crippen molar-refractivity contribution in [3.05, 3.63) is 58.4 Å². The molecule has 1 heterocycles. The topological polar surface area (TPSA) is 90.9 Å². The molecular weight excluding hydrogens is 323 g/mol. The Bertz CT molecular complexity index is 868. The molecule has 1 amide bonds. The quantitative estimate of drug-likeness (QED) is 0.682. The van der Waals surface area contributed by atoms with E-state index in [1.165, 1.54) is 12.1 Å². The zero-order chi connectivity index (χ0) is 16.4. The summed E-state index contributed by atoms with van der Waals surface area (Å²) >= 11 is 5.64. The van der Waals surface area contributed by atoms with E-state index in [1.54, 1.807) is 24.3 Å². The Morgan fingerprint density at radius 1 is 1.35 bits per heavy atom. The van der Waals surface area contributed by atoms with Crippen molar-refractivity contribution in [2.24, 2.45) is 0 Å². The van der Waals surface area contributed by atoms with Crippen LogP contribution in [0.1, 0.15) is 22.0 Å². The first-order chi connectivity index (χ1) is 11.1. The highest BCUT2D eigenvalue weighted by atomic mass is 35.5. The molecule has 2 aromatic carbocycles. The second-order valence-corrected chi connectivity index (χ2v) is 5.29. The fraction of sp³-hybridized carbons (Fsp3) is 0.133. The van der Waals surface area contributed by atoms with Crippen LogP contribution in [0.5, 0.6) is 0 Å². The van der Waals surface area contributed by atoms with Crippen LogP contribution >= 0.6 is 11.6 Å². The fourth-order valence-corrected chi connectivity index (χ4v) is 2.37. The maximum atomic E-state index is 13.6. The van der Waals surface area contributed by atoms with Gasteiger partial charge in [-0.25, -0.2) is 4.39 Å². The van der Waals surface area contributed by atoms with Gasteiger partial charge in [0, 0.05) is 0 Å². The number of nitrogens with one attached hydrogen (secondary N) is 2. The molecule has 0 bridgehead atoms. The number of halogens is 2. The Kier molecular flexibility index (Phi) is 4.22. The van der Waals surface area contributed by atoms with Gasteiger partial charge in [0.05, 0.1) is 23.2 Å². The number of fused-ring (bicyclic) bond motifs is 1. The van der Waals surface area contributed by atoms with Crippen molar-refractivity contribution in [3.8, 4) is 0 Å². The van der Waals surface area contributed by atoms with E-state index < -0.39 is 17.8 Å². The Balaban J connectivity index is 1.88. The number of aromatic nitrogens is 3. The van der Waals surface area contributed by atoms with Gasteiger partial charge in [-0.05, 0) is 29.8 Å². The molecule has 0 aliphatic heterocycles. The lowest BCUT2D eigenvalue weighted by Gasteiger charge is -2.17. The fourth-order valence-electron chi connectivity index (χ4n) is 2.25. The summed E-state index contributed by atoms with van der Waals surface area (Å²) < 4.78 is 13.6. The molecule has 0 aliphatic rings. The second-order valence-electron chi connectivity index (χ2n) is 4.88. The van der Waals surface area contributed by atoms with Crippen LogP contribution in [0.3, 0.4) is 0 Å². The number of aromatic amines is 1. The first kappa shape index (κ1) is 15.4. The highest BCUT2D eigenvalue weighted by Gasteiger charge is 2.19. The van der Waals surface area contributed by atoms with Gasteiger partial charge in [0.2, 0.25) is 0 Å². The van der Waals surface area contributed by atoms with Crippen molar-refractivity contribution in [3.63, 3.8) is 0 Å². The Labute approximate surface area is 135 Å². The number of aliphatic hydroxyl groups is 1. The smallest absolute Gasteiger partial charge is 0.254 e. The summed E-state index contributed by atoms with van der Waals surface area (Å²) in [5.41, 5.74) is 1.69. The van der Waals surface area contributed by atoms with Crippen molar-refractivity contribution >= 4 is 28.5 Å². The van der Waals surface area contributed by atoms with Crippen LogP contribution in [0.15, 0.2) is 36.4 Å². The molecule has 23 heavy (non-hydrogen) atoms. The van der Waals surface area contributed by atoms with Crippen molar-refractivity contribution in [2.45, 2.75) is 6.04 Å². The molecule has 0 fully saturated rings. The molecule has 0 spiro atoms. The Morgan fingerprint density at radius 2 is 2.17 bits per heavy atom. The zero-order valence-corrected chi connectivity index (χ0v) is 12.5. The lowest BCUT2D eigenvalue weighted by atomic mass is 10.1. The first-order valence-electron chi connectivity index (χ1n) is 6.76. The molecule has 1 atom stereocenters. The third kappa shape index (κ3) is 3.01. The minimum absolute atomic E-state index is 0.0240. The predicted octanol–water partition coefficient (Wildman–Crippen LogP) is 2.21. The van der Waals surface area contributed by atoms with Crippen LogP contribution in [0.4, 0.5) is 4.39 Å². The van der Waals surface area contributed by atoms with Crippen LogP contribution in [-0.4, -0.2) is 33.0 Å². The van der Waals surface area contributed by atoms with Crippen molar-refractivity contribution in [2.75, 3.05) is 6.61 Å². The molecule has 1 aromatic heterocycles. The highest BCUT2D eigenvalue weighted by molar-refractivity contribution is 6.30. The maximum absolute atomic E-state index is 13.6. The SMILES string of the molecule is O=C(N[C@H](CO)c1ccc(Cl)c(F)c1)c1cccc2n[nH]nc12. The summed E-state index contributed by atoms with van der Waals surface area (Å²) in [5.74, 6) is -1.06. The van der Waals surface area contributed by atoms with Gasteiger partial charge in [-0.1, -0.05) is 23.7 Å². The molecule has 3 N–H and O–H groups in total. The average molecular weight is 335 g/mol. The average Bonchev–Trinajstić information content (AvgIpc) is 3.03. The van der Waals surface area contributed by atoms with E-state index in [0.29, 0.717) is 22.2 Å². The second kappa shape index (κ2) is 6.31. The van der Waals surface area contributed by atoms with E-state index in [2.05, 4.69) is 20.7 Å². The lowest BCUT2D eigenvalue weighted by molar-refractivity contribution is 0.0917. The van der Waals surface area contributed by atoms with E-state index in [4.69, 9.17) is 11.6 Å². The molecule has 3 aromatic rings. The number of para-hydroxylation sites is 1. The summed E-state index contributed by atoms with van der Waals surface area (Å²) in [4.78, 5) is 12.4. The number of nitrogens with zero attached hydrogens (tertiary/aromatic N) is 2. The van der Waals surface area contributed by atoms with Gasteiger partial charge in [-0.3, -0.25) is 4.79 Å². The van der Waals surface area contributed by atoms with E-state index in [-0.39, 0.29) is 11.6 Å². The van der Waals surface area contributed by atoms with E-state index in [9.17, 15) is 14.3 Å². The van der Waals surface area contributed by atoms with Gasteiger partial charge >= 0.3 is 0 Å². The molecular formula is C15H12ClFN4O2. The zero-order valence-electron chi connectivity index (χ0n) is 11.8. The minimum Gasteiger partial charge on any atom is -0.394 e. The van der Waals surface area contributed by atoms with Crippen LogP contribution in [0, 0.1) is 5.82 Å². The Morgan fingerprint density at radius 3 is 2.91 bits per heavy atom. The largest absolute Gasteiger partial charge is 0.394 e. The summed E-state index contributed by atoms with van der Waals surface area (Å²) in [6.45, 7) is -0.387. The van der Waals surface area contributed by atoms with Gasteiger partial charge in [-0.15, -0.1) is 0 Å². The summed E-state index contributed by atoms with van der Waals surface area (Å²) in [7, 11) is 0. The van der Waals surface area contributed by atoms with E-state index in [1.807, 2.05) is 0 Å². The van der Waals surface area contributed by atoms with Crippen molar-refractivity contribution in [1.82, 2.24) is 20.7 Å². The normalized spacial score (nSPS) is 12.3. The van der Waals surface area contributed by atoms with Crippen LogP contribution in [0.2, 0.25) is 5.02 Å². The number of benzene rings is 2. The number of hydrogen-bond acceptors (Lipinski definition) is 4. The monoisotopic (exact) mass is 334 g/mol. The molecule has 0 saturated heterocycles. The van der Waals surface area contributed by atoms with Gasteiger partial charge in [0.25, 0.3) is 5.91 Å². The number of H-pyrrole nitrogens is 1. The number of aliphatic hydroxyl groups excluding tert-OH is 1. The van der Waals surface area contributed by atoms with Gasteiger partial charge in [0.1, 0.15) is 16.9 Å². The number of carbonyl (C=O) groups excluding carboxylic acids is 1. The number of rotatable bonds is 4. The third-order valence-electron chi connectivity index (χ3n) is 3.43. The summed E-state index contributed by atoms with van der Waals surface area (Å²) in [5, 5.41) is 22.4. The van der Waals surface area contributed by atoms with Crippen molar-refractivity contribution in [1.29, 1.82) is 0 Å². The molecule has 118 valence electrons. The number of hydrogen-bond donors (Lipinski definition) is 3. The molecule has 0 aliphatic carbocycles. The summed E-state index contributed by atoms with van der Waals surface area (Å²) in [6, 6.07) is 8.32. The van der Waals surface area contributed by atoms with Crippen LogP contribution in [-0.2, 0) is 0 Å². The van der Waals surface area contributed by atoms with Crippen LogP contribution < -0.4 is 5.32 Å². The first-order valence-corrected chi connectivity index (χ1v) is 7.14. The number of carbonyl (C=O) groups is 1. The molecule has 0 saturated carbocycles. The van der Waals surface area contributed by atoms with Crippen LogP contribution in [0.25, 0.3) is 11.0 Å². The minimum atomic E-state index is -0.767. The molecule has 0 radical (unpaired) electrons. The summed E-state index contributed by atoms with van der Waals surface area (Å²) in [6.07, 6.45) is 0. The molecule has 3 rings (SSSR count). The van der Waals surface area contributed by atoms with Crippen molar-refractivity contribution < 1.29 is 14.3 Å². The molecule has 8 heteroatoms. The predicted molar refractivity (Wildman–Crippen MR) is 82.6 cm³/mol. The molecule has 0 unspecified atom stereocenters. The third-order valence-corrected chi connectivity index (χ3v) is 3.73. The lowest BCUT2D eigenvalue weighted by Crippen LogP contribution is -2.31. The number of amides is 1. The standard InChI is InChI=1S/C15H12ClFN4O2/c16-10-5-4-8(6-11(10)17)13(7-22)18-15(23)9-2-1-3-12-14(9)20-21-19-12/h1-6,13,22H,7H2,(H,18,23)(H,19,20,21)/t13-/m1/s1. The van der Waals surface area contributed by atoms with Gasteiger partial charge < -0.3 is 10.4 Å². The maximum Gasteiger partial charge on any atom is 0.254 e. The Hall–Kier alpha value is -2.51. The van der Waals surface area contributed by atoms with E-state index >= 15 is 0 Å².